The van der Waals surface area contributed by atoms with E-state index in [-0.39, 0.29) is 0 Å². The Balaban J connectivity index is 2.13. The molecule has 2 heterocycles. The molecule has 2 N–H and O–H groups in total. The first-order valence-electron chi connectivity index (χ1n) is 5.83. The van der Waals surface area contributed by atoms with Gasteiger partial charge >= 0.3 is 6.18 Å². The summed E-state index contributed by atoms with van der Waals surface area (Å²) in [6, 6.07) is 6.42. The van der Waals surface area contributed by atoms with Gasteiger partial charge in [-0.2, -0.15) is 13.2 Å². The number of hydrogen-bond acceptors (Lipinski definition) is 3. The van der Waals surface area contributed by atoms with E-state index in [1.807, 2.05) is 0 Å². The Morgan fingerprint density at radius 3 is 2.38 bits per heavy atom. The van der Waals surface area contributed by atoms with Crippen molar-refractivity contribution in [2.45, 2.75) is 6.18 Å². The van der Waals surface area contributed by atoms with E-state index in [2.05, 4.69) is 26.1 Å². The Morgan fingerprint density at radius 1 is 1.10 bits per heavy atom. The number of benzene rings is 1. The Hall–Kier alpha value is -2.09. The van der Waals surface area contributed by atoms with Gasteiger partial charge in [0.15, 0.2) is 11.5 Å². The summed E-state index contributed by atoms with van der Waals surface area (Å²) in [5.74, 6) is 0.423. The van der Waals surface area contributed by atoms with E-state index in [0.717, 1.165) is 16.6 Å². The third kappa shape index (κ3) is 2.46. The van der Waals surface area contributed by atoms with Gasteiger partial charge in [-0.3, -0.25) is 4.40 Å². The van der Waals surface area contributed by atoms with Gasteiger partial charge in [0.05, 0.1) is 11.3 Å². The highest BCUT2D eigenvalue weighted by Gasteiger charge is 2.30. The zero-order valence-corrected chi connectivity index (χ0v) is 12.0. The molecule has 0 spiro atoms. The smallest absolute Gasteiger partial charge is 0.396 e. The van der Waals surface area contributed by atoms with Crippen LogP contribution in [0, 0.1) is 0 Å². The highest BCUT2D eigenvalue weighted by atomic mass is 79.9. The minimum Gasteiger partial charge on any atom is -0.396 e. The van der Waals surface area contributed by atoms with E-state index in [1.165, 1.54) is 12.1 Å². The lowest BCUT2D eigenvalue weighted by Crippen LogP contribution is -2.04. The van der Waals surface area contributed by atoms with Gasteiger partial charge < -0.3 is 5.73 Å². The molecule has 0 saturated carbocycles. The molecule has 0 aliphatic heterocycles. The Kier molecular flexibility index (Phi) is 3.12. The summed E-state index contributed by atoms with van der Waals surface area (Å²) >= 11 is 3.31. The van der Waals surface area contributed by atoms with E-state index in [4.69, 9.17) is 5.73 Å². The number of nitrogens with two attached hydrogens (primary N) is 1. The number of anilines is 1. The number of nitrogen functional groups attached to an aromatic ring is 1. The Labute approximate surface area is 125 Å². The van der Waals surface area contributed by atoms with E-state index in [0.29, 0.717) is 22.7 Å². The summed E-state index contributed by atoms with van der Waals surface area (Å²) in [5, 5.41) is 7.94. The molecule has 0 atom stereocenters. The van der Waals surface area contributed by atoms with E-state index in [1.54, 1.807) is 16.7 Å². The maximum absolute atomic E-state index is 12.6. The molecule has 3 aromatic rings. The molecular weight excluding hydrogens is 349 g/mol. The van der Waals surface area contributed by atoms with Crippen LogP contribution in [0.3, 0.4) is 0 Å². The van der Waals surface area contributed by atoms with Gasteiger partial charge in [0, 0.05) is 16.2 Å². The van der Waals surface area contributed by atoms with Gasteiger partial charge in [-0.05, 0) is 34.1 Å². The number of nitrogens with zero attached hydrogens (tertiary/aromatic N) is 3. The fourth-order valence-corrected chi connectivity index (χ4v) is 2.44. The fourth-order valence-electron chi connectivity index (χ4n) is 1.99. The first-order chi connectivity index (χ1) is 9.86. The molecule has 0 bridgehead atoms. The lowest BCUT2D eigenvalue weighted by molar-refractivity contribution is -0.137. The van der Waals surface area contributed by atoms with Gasteiger partial charge in [0.1, 0.15) is 0 Å². The second-order valence-electron chi connectivity index (χ2n) is 4.41. The van der Waals surface area contributed by atoms with Crippen LogP contribution in [0.15, 0.2) is 41.0 Å². The molecule has 108 valence electrons. The van der Waals surface area contributed by atoms with Crippen molar-refractivity contribution < 1.29 is 13.2 Å². The SMILES string of the molecule is Nc1cc(Br)cn2c(-c3ccc(C(F)(F)F)cc3)nnc12. The topological polar surface area (TPSA) is 56.2 Å². The highest BCUT2D eigenvalue weighted by molar-refractivity contribution is 9.10. The van der Waals surface area contributed by atoms with Crippen molar-refractivity contribution in [1.82, 2.24) is 14.6 Å². The van der Waals surface area contributed by atoms with Crippen molar-refractivity contribution in [2.24, 2.45) is 0 Å². The third-order valence-electron chi connectivity index (χ3n) is 2.97. The predicted octanol–water partition coefficient (Wildman–Crippen LogP) is 3.76. The van der Waals surface area contributed by atoms with Crippen LogP contribution < -0.4 is 5.73 Å². The summed E-state index contributed by atoms with van der Waals surface area (Å²) < 4.78 is 40.0. The number of hydrogen-bond donors (Lipinski definition) is 1. The van der Waals surface area contributed by atoms with Crippen molar-refractivity contribution in [3.8, 4) is 11.4 Å². The molecule has 4 nitrogen and oxygen atoms in total. The summed E-state index contributed by atoms with van der Waals surface area (Å²) in [7, 11) is 0. The summed E-state index contributed by atoms with van der Waals surface area (Å²) in [5.41, 5.74) is 6.52. The van der Waals surface area contributed by atoms with Crippen LogP contribution in [-0.2, 0) is 6.18 Å². The molecule has 0 aliphatic rings. The van der Waals surface area contributed by atoms with Crippen LogP contribution >= 0.6 is 15.9 Å². The largest absolute Gasteiger partial charge is 0.416 e. The van der Waals surface area contributed by atoms with Crippen LogP contribution in [0.4, 0.5) is 18.9 Å². The number of aromatic nitrogens is 3. The van der Waals surface area contributed by atoms with E-state index >= 15 is 0 Å². The fraction of sp³-hybridized carbons (Fsp3) is 0.0769. The number of rotatable bonds is 1. The quantitative estimate of drug-likeness (QED) is 0.722. The van der Waals surface area contributed by atoms with E-state index < -0.39 is 11.7 Å². The molecule has 1 aromatic carbocycles. The predicted molar refractivity (Wildman–Crippen MR) is 75.5 cm³/mol. The van der Waals surface area contributed by atoms with Gasteiger partial charge in [-0.1, -0.05) is 12.1 Å². The van der Waals surface area contributed by atoms with Crippen molar-refractivity contribution in [3.63, 3.8) is 0 Å². The Morgan fingerprint density at radius 2 is 1.76 bits per heavy atom. The lowest BCUT2D eigenvalue weighted by Gasteiger charge is -2.07. The first kappa shape index (κ1) is 13.9. The second kappa shape index (κ2) is 4.73. The lowest BCUT2D eigenvalue weighted by atomic mass is 10.1. The van der Waals surface area contributed by atoms with Crippen LogP contribution in [0.1, 0.15) is 5.56 Å². The number of halogens is 4. The molecule has 3 rings (SSSR count). The molecule has 0 fully saturated rings. The molecule has 0 aliphatic carbocycles. The summed E-state index contributed by atoms with van der Waals surface area (Å²) in [6.45, 7) is 0. The van der Waals surface area contributed by atoms with Crippen molar-refractivity contribution >= 4 is 27.3 Å². The van der Waals surface area contributed by atoms with Crippen LogP contribution in [0.2, 0.25) is 0 Å². The maximum Gasteiger partial charge on any atom is 0.416 e. The van der Waals surface area contributed by atoms with Gasteiger partial charge in [0.2, 0.25) is 0 Å². The minimum atomic E-state index is -4.36. The molecular formula is C13H8BrF3N4. The van der Waals surface area contributed by atoms with Crippen molar-refractivity contribution in [2.75, 3.05) is 5.73 Å². The van der Waals surface area contributed by atoms with Crippen molar-refractivity contribution in [3.05, 3.63) is 46.6 Å². The maximum atomic E-state index is 12.6. The van der Waals surface area contributed by atoms with Crippen LogP contribution in [-0.4, -0.2) is 14.6 Å². The van der Waals surface area contributed by atoms with Crippen LogP contribution in [0.5, 0.6) is 0 Å². The summed E-state index contributed by atoms with van der Waals surface area (Å²) in [6.07, 6.45) is -2.66. The third-order valence-corrected chi connectivity index (χ3v) is 3.40. The van der Waals surface area contributed by atoms with Gasteiger partial charge in [0.25, 0.3) is 0 Å². The normalized spacial score (nSPS) is 12.0. The zero-order chi connectivity index (χ0) is 15.2. The van der Waals surface area contributed by atoms with Crippen molar-refractivity contribution in [1.29, 1.82) is 0 Å². The Bertz CT molecular complexity index is 809. The second-order valence-corrected chi connectivity index (χ2v) is 5.32. The number of fused-ring (bicyclic) bond motifs is 1. The molecule has 8 heteroatoms. The molecule has 0 saturated heterocycles. The van der Waals surface area contributed by atoms with Gasteiger partial charge in [-0.25, -0.2) is 0 Å². The minimum absolute atomic E-state index is 0.423. The van der Waals surface area contributed by atoms with Crippen LogP contribution in [0.25, 0.3) is 17.0 Å². The molecule has 21 heavy (non-hydrogen) atoms. The zero-order valence-electron chi connectivity index (χ0n) is 10.4. The number of alkyl halides is 3. The highest BCUT2D eigenvalue weighted by Crippen LogP contribution is 2.31. The summed E-state index contributed by atoms with van der Waals surface area (Å²) in [4.78, 5) is 0. The molecule has 0 unspecified atom stereocenters. The number of pyridine rings is 1. The molecule has 0 radical (unpaired) electrons. The van der Waals surface area contributed by atoms with E-state index in [9.17, 15) is 13.2 Å². The monoisotopic (exact) mass is 356 g/mol. The average molecular weight is 357 g/mol. The molecule has 0 amide bonds. The van der Waals surface area contributed by atoms with Gasteiger partial charge in [-0.15, -0.1) is 10.2 Å². The first-order valence-corrected chi connectivity index (χ1v) is 6.63. The molecule has 2 aromatic heterocycles. The standard InChI is InChI=1S/C13H8BrF3N4/c14-9-5-10(18)12-20-19-11(21(12)6-9)7-1-3-8(4-2-7)13(15,16)17/h1-6H,18H2. The average Bonchev–Trinajstić information content (AvgIpc) is 2.82.